The molecule has 0 aliphatic heterocycles. The molecule has 4 fully saturated rings. The predicted molar refractivity (Wildman–Crippen MR) is 129 cm³/mol. The molecule has 9 atom stereocenters. The van der Waals surface area contributed by atoms with Crippen LogP contribution in [0.1, 0.15) is 113 Å². The van der Waals surface area contributed by atoms with E-state index in [1.54, 1.807) is 0 Å². The molecule has 0 amide bonds. The summed E-state index contributed by atoms with van der Waals surface area (Å²) in [5.74, 6) is 5.59. The van der Waals surface area contributed by atoms with Gasteiger partial charge in [0.25, 0.3) is 0 Å². The SMILES string of the molecule is CC(C)[C@H]1CC[C@]2(C)CC[C@]3(C)C(CCC4[C@@]5(C)CC=CC(C)(C)C5CC[C@]43C)C12. The molecule has 0 N–H and O–H groups in total. The van der Waals surface area contributed by atoms with Crippen LogP contribution in [0, 0.1) is 62.6 Å². The summed E-state index contributed by atoms with van der Waals surface area (Å²) in [7, 11) is 0. The minimum atomic E-state index is 0.380. The molecule has 4 saturated carbocycles. The molecule has 4 unspecified atom stereocenters. The molecule has 0 saturated heterocycles. The van der Waals surface area contributed by atoms with Crippen LogP contribution >= 0.6 is 0 Å². The van der Waals surface area contributed by atoms with Crippen molar-refractivity contribution < 1.29 is 0 Å². The molecule has 0 aromatic heterocycles. The molecule has 170 valence electrons. The van der Waals surface area contributed by atoms with Crippen molar-refractivity contribution in [3.63, 3.8) is 0 Å². The van der Waals surface area contributed by atoms with Crippen LogP contribution in [-0.4, -0.2) is 0 Å². The molecule has 5 aliphatic rings. The maximum Gasteiger partial charge on any atom is -0.0141 e. The predicted octanol–water partition coefficient (Wildman–Crippen LogP) is 8.91. The zero-order valence-corrected chi connectivity index (χ0v) is 21.5. The molecule has 0 aromatic rings. The fourth-order valence-electron chi connectivity index (χ4n) is 11.4. The van der Waals surface area contributed by atoms with E-state index in [2.05, 4.69) is 67.5 Å². The third-order valence-corrected chi connectivity index (χ3v) is 13.0. The van der Waals surface area contributed by atoms with E-state index in [1.807, 2.05) is 0 Å². The molecule has 0 aromatic carbocycles. The third-order valence-electron chi connectivity index (χ3n) is 13.0. The molecule has 0 heteroatoms. The molecule has 5 rings (SSSR count). The molecule has 5 aliphatic carbocycles. The van der Waals surface area contributed by atoms with E-state index in [9.17, 15) is 0 Å². The van der Waals surface area contributed by atoms with Gasteiger partial charge in [-0.1, -0.05) is 67.5 Å². The second-order valence-corrected chi connectivity index (χ2v) is 14.7. The lowest BCUT2D eigenvalue weighted by Crippen LogP contribution is -2.65. The zero-order valence-electron chi connectivity index (χ0n) is 21.5. The smallest absolute Gasteiger partial charge is 0.0141 e. The summed E-state index contributed by atoms with van der Waals surface area (Å²) < 4.78 is 0. The topological polar surface area (TPSA) is 0 Å². The lowest BCUT2D eigenvalue weighted by Gasteiger charge is -2.72. The summed E-state index contributed by atoms with van der Waals surface area (Å²) in [6.07, 6.45) is 18.4. The van der Waals surface area contributed by atoms with Crippen molar-refractivity contribution in [1.29, 1.82) is 0 Å². The Morgan fingerprint density at radius 3 is 2.17 bits per heavy atom. The minimum absolute atomic E-state index is 0.380. The number of hydrogen-bond donors (Lipinski definition) is 0. The van der Waals surface area contributed by atoms with E-state index in [0.29, 0.717) is 27.1 Å². The van der Waals surface area contributed by atoms with E-state index in [0.717, 1.165) is 35.5 Å². The Hall–Kier alpha value is -0.260. The van der Waals surface area contributed by atoms with E-state index in [-0.39, 0.29) is 0 Å². The summed E-state index contributed by atoms with van der Waals surface area (Å²) >= 11 is 0. The second kappa shape index (κ2) is 6.41. The fraction of sp³-hybridized carbons (Fsp3) is 0.933. The van der Waals surface area contributed by atoms with Gasteiger partial charge in [-0.2, -0.15) is 0 Å². The van der Waals surface area contributed by atoms with Crippen LogP contribution in [0.2, 0.25) is 0 Å². The van der Waals surface area contributed by atoms with Gasteiger partial charge in [-0.15, -0.1) is 0 Å². The third kappa shape index (κ3) is 2.52. The summed E-state index contributed by atoms with van der Waals surface area (Å²) in [6, 6.07) is 0. The van der Waals surface area contributed by atoms with E-state index < -0.39 is 0 Å². The first-order chi connectivity index (χ1) is 13.9. The van der Waals surface area contributed by atoms with Crippen LogP contribution in [-0.2, 0) is 0 Å². The monoisotopic (exact) mass is 410 g/mol. The number of fused-ring (bicyclic) bond motifs is 7. The van der Waals surface area contributed by atoms with Crippen molar-refractivity contribution in [2.24, 2.45) is 62.6 Å². The standard InChI is InChI=1S/C30H50/c1-20(2)21-12-16-27(5)18-19-29(7)22(25(21)27)10-11-24-28(6)15-9-14-26(3,4)23(28)13-17-30(24,29)8/h9,14,20-25H,10-13,15-19H2,1-8H3/t21-,22?,23?,24?,25?,27-,28+,29-,30-/m1/s1. The quantitative estimate of drug-likeness (QED) is 0.378. The first-order valence-corrected chi connectivity index (χ1v) is 13.6. The van der Waals surface area contributed by atoms with Crippen LogP contribution in [0.15, 0.2) is 12.2 Å². The maximum atomic E-state index is 2.80. The van der Waals surface area contributed by atoms with Gasteiger partial charge in [0.2, 0.25) is 0 Å². The van der Waals surface area contributed by atoms with Crippen LogP contribution in [0.5, 0.6) is 0 Å². The highest BCUT2D eigenvalue weighted by Crippen LogP contribution is 2.77. The van der Waals surface area contributed by atoms with Gasteiger partial charge in [-0.25, -0.2) is 0 Å². The minimum Gasteiger partial charge on any atom is -0.0874 e. The van der Waals surface area contributed by atoms with Gasteiger partial charge in [0.1, 0.15) is 0 Å². The number of allylic oxidation sites excluding steroid dienone is 2. The Bertz CT molecular complexity index is 728. The van der Waals surface area contributed by atoms with Gasteiger partial charge in [0.15, 0.2) is 0 Å². The molecule has 0 radical (unpaired) electrons. The van der Waals surface area contributed by atoms with Gasteiger partial charge in [-0.3, -0.25) is 0 Å². The molecule has 0 spiro atoms. The summed E-state index contributed by atoms with van der Waals surface area (Å²) in [6.45, 7) is 21.1. The van der Waals surface area contributed by atoms with Gasteiger partial charge < -0.3 is 0 Å². The zero-order chi connectivity index (χ0) is 21.7. The number of rotatable bonds is 1. The molecular formula is C30H50. The normalized spacial score (nSPS) is 56.8. The molecule has 0 nitrogen and oxygen atoms in total. The lowest BCUT2D eigenvalue weighted by atomic mass is 9.33. The Morgan fingerprint density at radius 1 is 0.733 bits per heavy atom. The Kier molecular flexibility index (Phi) is 4.61. The molecule has 0 heterocycles. The highest BCUT2D eigenvalue weighted by atomic mass is 14.7. The van der Waals surface area contributed by atoms with E-state index in [4.69, 9.17) is 0 Å². The van der Waals surface area contributed by atoms with Crippen LogP contribution in [0.4, 0.5) is 0 Å². The van der Waals surface area contributed by atoms with Crippen molar-refractivity contribution in [2.75, 3.05) is 0 Å². The van der Waals surface area contributed by atoms with Gasteiger partial charge in [-0.05, 0) is 120 Å². The summed E-state index contributed by atoms with van der Waals surface area (Å²) in [5, 5.41) is 0. The van der Waals surface area contributed by atoms with Crippen LogP contribution < -0.4 is 0 Å². The van der Waals surface area contributed by atoms with Crippen LogP contribution in [0.3, 0.4) is 0 Å². The highest BCUT2D eigenvalue weighted by molar-refractivity contribution is 5.21. The van der Waals surface area contributed by atoms with Crippen molar-refractivity contribution in [3.05, 3.63) is 12.2 Å². The highest BCUT2D eigenvalue weighted by Gasteiger charge is 2.69. The number of hydrogen-bond acceptors (Lipinski definition) is 0. The summed E-state index contributed by atoms with van der Waals surface area (Å²) in [4.78, 5) is 0. The van der Waals surface area contributed by atoms with Crippen LogP contribution in [0.25, 0.3) is 0 Å². The van der Waals surface area contributed by atoms with Gasteiger partial charge in [0.05, 0.1) is 0 Å². The van der Waals surface area contributed by atoms with Crippen molar-refractivity contribution >= 4 is 0 Å². The Labute approximate surface area is 188 Å². The largest absolute Gasteiger partial charge is 0.0874 e. The average molecular weight is 411 g/mol. The Balaban J connectivity index is 1.55. The van der Waals surface area contributed by atoms with Gasteiger partial charge in [0, 0.05) is 0 Å². The second-order valence-electron chi connectivity index (χ2n) is 14.7. The van der Waals surface area contributed by atoms with Crippen molar-refractivity contribution in [2.45, 2.75) is 113 Å². The van der Waals surface area contributed by atoms with Crippen molar-refractivity contribution in [3.8, 4) is 0 Å². The lowest BCUT2D eigenvalue weighted by molar-refractivity contribution is -0.226. The first kappa shape index (κ1) is 21.6. The molecule has 0 bridgehead atoms. The van der Waals surface area contributed by atoms with E-state index in [1.165, 1.54) is 57.8 Å². The molecule has 30 heavy (non-hydrogen) atoms. The molecular weight excluding hydrogens is 360 g/mol. The van der Waals surface area contributed by atoms with E-state index >= 15 is 0 Å². The fourth-order valence-corrected chi connectivity index (χ4v) is 11.4. The summed E-state index contributed by atoms with van der Waals surface area (Å²) in [5.41, 5.74) is 2.61. The Morgan fingerprint density at radius 2 is 1.47 bits per heavy atom. The van der Waals surface area contributed by atoms with Crippen molar-refractivity contribution in [1.82, 2.24) is 0 Å². The van der Waals surface area contributed by atoms with Gasteiger partial charge >= 0.3 is 0 Å². The first-order valence-electron chi connectivity index (χ1n) is 13.6. The average Bonchev–Trinajstić information content (AvgIpc) is 2.99. The maximum absolute atomic E-state index is 2.80.